The third-order valence-corrected chi connectivity index (χ3v) is 15.1. The third kappa shape index (κ3) is 62.2. The summed E-state index contributed by atoms with van der Waals surface area (Å²) in [5, 5.41) is 0. The average Bonchev–Trinajstić information content (AvgIpc) is 3.42. The van der Waals surface area contributed by atoms with E-state index in [0.717, 1.165) is 77.0 Å². The van der Waals surface area contributed by atoms with Crippen LogP contribution in [0.4, 0.5) is 0 Å². The van der Waals surface area contributed by atoms with E-state index in [1.54, 1.807) is 0 Å². The number of esters is 3. The highest BCUT2D eigenvalue weighted by atomic mass is 16.6. The minimum atomic E-state index is -0.778. The molecule has 0 N–H and O–H groups in total. The number of ether oxygens (including phenoxy) is 3. The van der Waals surface area contributed by atoms with Crippen molar-refractivity contribution in [1.82, 2.24) is 0 Å². The van der Waals surface area contributed by atoms with E-state index in [0.29, 0.717) is 19.3 Å². The normalized spacial score (nSPS) is 12.3. The molecule has 0 aliphatic rings. The summed E-state index contributed by atoms with van der Waals surface area (Å²) in [6, 6.07) is 0. The van der Waals surface area contributed by atoms with E-state index in [-0.39, 0.29) is 31.1 Å². The molecule has 0 saturated carbocycles. The van der Waals surface area contributed by atoms with Gasteiger partial charge in [-0.05, 0) is 83.5 Å². The number of hydrogen-bond donors (Lipinski definition) is 0. The van der Waals surface area contributed by atoms with Gasteiger partial charge in [0.2, 0.25) is 0 Å². The van der Waals surface area contributed by atoms with Crippen molar-refractivity contribution >= 4 is 17.9 Å². The summed E-state index contributed by atoms with van der Waals surface area (Å²) < 4.78 is 16.9. The van der Waals surface area contributed by atoms with Gasteiger partial charge in [0.15, 0.2) is 6.10 Å². The number of carbonyl (C=O) groups is 3. The number of allylic oxidation sites excluding steroid dienone is 8. The maximum Gasteiger partial charge on any atom is 0.306 e. The van der Waals surface area contributed by atoms with Gasteiger partial charge < -0.3 is 14.2 Å². The van der Waals surface area contributed by atoms with Crippen molar-refractivity contribution in [2.75, 3.05) is 13.2 Å². The second-order valence-electron chi connectivity index (χ2n) is 22.7. The van der Waals surface area contributed by atoms with E-state index in [9.17, 15) is 14.4 Å². The Bertz CT molecular complexity index is 1310. The van der Waals surface area contributed by atoms with Crippen molar-refractivity contribution in [3.8, 4) is 0 Å². The van der Waals surface area contributed by atoms with Crippen molar-refractivity contribution in [1.29, 1.82) is 0 Å². The van der Waals surface area contributed by atoms with E-state index in [4.69, 9.17) is 14.2 Å². The fourth-order valence-corrected chi connectivity index (χ4v) is 9.98. The molecule has 76 heavy (non-hydrogen) atoms. The molecule has 0 fully saturated rings. The van der Waals surface area contributed by atoms with Gasteiger partial charge >= 0.3 is 17.9 Å². The van der Waals surface area contributed by atoms with Crippen molar-refractivity contribution in [3.05, 3.63) is 48.6 Å². The molecule has 0 aliphatic heterocycles. The molecule has 1 atom stereocenters. The standard InChI is InChI=1S/C70H128O6/c1-4-7-10-13-16-19-22-24-26-28-30-32-33-34-35-36-37-39-40-42-44-46-48-51-54-57-60-63-69(72)75-66-67(65-74-68(71)62-59-56-53-50-21-18-15-12-9-6-3)76-70(73)64-61-58-55-52-49-47-45-43-41-38-31-29-27-25-23-20-17-14-11-8-5-2/h23,25,28-31,41,43,67H,4-22,24,26-27,32-40,42,44-66H2,1-3H3/b25-23-,30-28-,31-29-,43-41-. The van der Waals surface area contributed by atoms with Crippen LogP contribution in [0.3, 0.4) is 0 Å². The molecule has 0 bridgehead atoms. The first-order valence-corrected chi connectivity index (χ1v) is 33.6. The topological polar surface area (TPSA) is 78.9 Å². The molecule has 0 heterocycles. The molecule has 0 aliphatic carbocycles. The summed E-state index contributed by atoms with van der Waals surface area (Å²) in [6.45, 7) is 6.66. The second-order valence-corrected chi connectivity index (χ2v) is 22.7. The van der Waals surface area contributed by atoms with Gasteiger partial charge in [0.1, 0.15) is 13.2 Å². The molecule has 0 aromatic rings. The van der Waals surface area contributed by atoms with Crippen LogP contribution in [-0.2, 0) is 28.6 Å². The summed E-state index contributed by atoms with van der Waals surface area (Å²) in [6.07, 6.45) is 81.4. The van der Waals surface area contributed by atoms with Crippen LogP contribution >= 0.6 is 0 Å². The number of rotatable bonds is 62. The number of hydrogen-bond acceptors (Lipinski definition) is 6. The summed E-state index contributed by atoms with van der Waals surface area (Å²) in [5.74, 6) is -0.868. The molecular weight excluding hydrogens is 937 g/mol. The maximum atomic E-state index is 12.9. The summed E-state index contributed by atoms with van der Waals surface area (Å²) in [4.78, 5) is 38.3. The van der Waals surface area contributed by atoms with Gasteiger partial charge in [-0.2, -0.15) is 0 Å². The fourth-order valence-electron chi connectivity index (χ4n) is 9.98. The van der Waals surface area contributed by atoms with Crippen LogP contribution < -0.4 is 0 Å². The van der Waals surface area contributed by atoms with E-state index in [1.807, 2.05) is 0 Å². The first-order chi connectivity index (χ1) is 37.5. The van der Waals surface area contributed by atoms with Crippen LogP contribution in [0.15, 0.2) is 48.6 Å². The Morgan fingerprint density at radius 3 is 0.750 bits per heavy atom. The molecule has 6 heteroatoms. The molecule has 0 aromatic heterocycles. The second kappa shape index (κ2) is 64.9. The molecule has 0 saturated heterocycles. The maximum absolute atomic E-state index is 12.9. The van der Waals surface area contributed by atoms with Crippen LogP contribution in [0, 0.1) is 0 Å². The van der Waals surface area contributed by atoms with Crippen LogP contribution in [0.5, 0.6) is 0 Å². The largest absolute Gasteiger partial charge is 0.462 e. The lowest BCUT2D eigenvalue weighted by molar-refractivity contribution is -0.167. The minimum absolute atomic E-state index is 0.0746. The Morgan fingerprint density at radius 2 is 0.474 bits per heavy atom. The fraction of sp³-hybridized carbons (Fsp3) is 0.843. The highest BCUT2D eigenvalue weighted by Gasteiger charge is 2.19. The van der Waals surface area contributed by atoms with Gasteiger partial charge in [-0.15, -0.1) is 0 Å². The summed E-state index contributed by atoms with van der Waals surface area (Å²) >= 11 is 0. The zero-order chi connectivity index (χ0) is 55.0. The molecule has 6 nitrogen and oxygen atoms in total. The average molecular weight is 1070 g/mol. The van der Waals surface area contributed by atoms with E-state index < -0.39 is 6.10 Å². The third-order valence-electron chi connectivity index (χ3n) is 15.1. The molecule has 1 unspecified atom stereocenters. The zero-order valence-corrected chi connectivity index (χ0v) is 51.0. The summed E-state index contributed by atoms with van der Waals surface area (Å²) in [5.41, 5.74) is 0. The van der Waals surface area contributed by atoms with Crippen LogP contribution in [0.25, 0.3) is 0 Å². The lowest BCUT2D eigenvalue weighted by Gasteiger charge is -2.18. The Morgan fingerprint density at radius 1 is 0.263 bits per heavy atom. The molecule has 0 radical (unpaired) electrons. The van der Waals surface area contributed by atoms with E-state index in [1.165, 1.54) is 244 Å². The first kappa shape index (κ1) is 73.4. The quantitative estimate of drug-likeness (QED) is 0.0261. The van der Waals surface area contributed by atoms with Gasteiger partial charge in [0.25, 0.3) is 0 Å². The van der Waals surface area contributed by atoms with Gasteiger partial charge in [0, 0.05) is 19.3 Å². The highest BCUT2D eigenvalue weighted by molar-refractivity contribution is 5.71. The first-order valence-electron chi connectivity index (χ1n) is 33.6. The van der Waals surface area contributed by atoms with Crippen LogP contribution in [-0.4, -0.2) is 37.2 Å². The monoisotopic (exact) mass is 1060 g/mol. The molecule has 0 amide bonds. The molecule has 0 spiro atoms. The van der Waals surface area contributed by atoms with Crippen molar-refractivity contribution in [2.24, 2.45) is 0 Å². The smallest absolute Gasteiger partial charge is 0.306 e. The van der Waals surface area contributed by atoms with Gasteiger partial charge in [0.05, 0.1) is 0 Å². The van der Waals surface area contributed by atoms with Crippen molar-refractivity contribution in [2.45, 2.75) is 367 Å². The predicted molar refractivity (Wildman–Crippen MR) is 330 cm³/mol. The molecular formula is C70H128O6. The predicted octanol–water partition coefficient (Wildman–Crippen LogP) is 22.9. The zero-order valence-electron chi connectivity index (χ0n) is 51.0. The Kier molecular flexibility index (Phi) is 62.6. The van der Waals surface area contributed by atoms with Gasteiger partial charge in [-0.3, -0.25) is 14.4 Å². The Labute approximate surface area is 473 Å². The number of carbonyl (C=O) groups excluding carboxylic acids is 3. The lowest BCUT2D eigenvalue weighted by atomic mass is 10.0. The Hall–Kier alpha value is -2.63. The minimum Gasteiger partial charge on any atom is -0.462 e. The lowest BCUT2D eigenvalue weighted by Crippen LogP contribution is -2.30. The van der Waals surface area contributed by atoms with Crippen molar-refractivity contribution < 1.29 is 28.6 Å². The van der Waals surface area contributed by atoms with Crippen molar-refractivity contribution in [3.63, 3.8) is 0 Å². The molecule has 444 valence electrons. The molecule has 0 aromatic carbocycles. The Balaban J connectivity index is 4.19. The summed E-state index contributed by atoms with van der Waals surface area (Å²) in [7, 11) is 0. The number of unbranched alkanes of at least 4 members (excludes halogenated alkanes) is 43. The molecule has 0 rings (SSSR count). The highest BCUT2D eigenvalue weighted by Crippen LogP contribution is 2.17. The van der Waals surface area contributed by atoms with E-state index in [2.05, 4.69) is 69.4 Å². The van der Waals surface area contributed by atoms with Gasteiger partial charge in [-0.25, -0.2) is 0 Å². The van der Waals surface area contributed by atoms with E-state index >= 15 is 0 Å². The van der Waals surface area contributed by atoms with Crippen LogP contribution in [0.2, 0.25) is 0 Å². The van der Waals surface area contributed by atoms with Gasteiger partial charge in [-0.1, -0.05) is 307 Å². The van der Waals surface area contributed by atoms with Crippen LogP contribution in [0.1, 0.15) is 361 Å². The SMILES string of the molecule is CCCCCCC/C=C\C/C=C\C/C=C\CCCCCCCCC(=O)OC(COC(=O)CCCCCCCCCCCC)COC(=O)CCCCCCCCCCCCCCCCC/C=C\CCCCCCCCCC.